The van der Waals surface area contributed by atoms with E-state index >= 15 is 0 Å². The number of nitrogens with zero attached hydrogens (tertiary/aromatic N) is 3. The maximum atomic E-state index is 11.4. The van der Waals surface area contributed by atoms with Crippen LogP contribution in [0.15, 0.2) is 40.3 Å². The molecule has 1 amide bonds. The van der Waals surface area contributed by atoms with Gasteiger partial charge in [-0.2, -0.15) is 5.26 Å². The minimum absolute atomic E-state index is 0.215. The van der Waals surface area contributed by atoms with Crippen LogP contribution in [0, 0.1) is 11.3 Å². The Labute approximate surface area is 157 Å². The number of amidine groups is 1. The third-order valence-electron chi connectivity index (χ3n) is 3.28. The molecule has 126 valence electrons. The normalized spacial score (nSPS) is 13.0. The summed E-state index contributed by atoms with van der Waals surface area (Å²) in [5.41, 5.74) is 7.38. The van der Waals surface area contributed by atoms with Crippen molar-refractivity contribution in [1.29, 1.82) is 5.26 Å². The van der Waals surface area contributed by atoms with E-state index in [1.165, 1.54) is 11.3 Å². The number of hydrogen-bond acceptors (Lipinski definition) is 6. The van der Waals surface area contributed by atoms with Crippen LogP contribution in [0.25, 0.3) is 0 Å². The molecule has 2 heterocycles. The summed E-state index contributed by atoms with van der Waals surface area (Å²) in [7, 11) is 0. The van der Waals surface area contributed by atoms with E-state index in [1.54, 1.807) is 18.2 Å². The van der Waals surface area contributed by atoms with Crippen molar-refractivity contribution in [3.8, 4) is 6.07 Å². The molecule has 2 N–H and O–H groups in total. The lowest BCUT2D eigenvalue weighted by molar-refractivity contribution is -0.120. The van der Waals surface area contributed by atoms with Crippen molar-refractivity contribution in [2.24, 2.45) is 9.98 Å². The zero-order valence-corrected chi connectivity index (χ0v) is 15.0. The minimum Gasteiger partial charge on any atom is -0.284 e. The minimum atomic E-state index is -0.450. The van der Waals surface area contributed by atoms with Gasteiger partial charge in [-0.25, -0.2) is 4.99 Å². The smallest absolute Gasteiger partial charge is 0.252 e. The molecule has 0 bridgehead atoms. The van der Waals surface area contributed by atoms with E-state index in [2.05, 4.69) is 20.8 Å². The number of carbonyl (C=O) groups is 1. The first-order valence-corrected chi connectivity index (χ1v) is 8.74. The quantitative estimate of drug-likeness (QED) is 0.767. The first kappa shape index (κ1) is 17.4. The van der Waals surface area contributed by atoms with Gasteiger partial charge in [0.25, 0.3) is 5.91 Å². The van der Waals surface area contributed by atoms with Crippen LogP contribution in [-0.4, -0.2) is 24.0 Å². The number of thiophene rings is 1. The van der Waals surface area contributed by atoms with E-state index in [0.717, 1.165) is 11.1 Å². The largest absolute Gasteiger partial charge is 0.284 e. The average molecular weight is 392 g/mol. The summed E-state index contributed by atoms with van der Waals surface area (Å²) >= 11 is 13.8. The number of carbonyl (C=O) groups excluding carboxylic acids is 1. The van der Waals surface area contributed by atoms with E-state index in [0.29, 0.717) is 25.9 Å². The second kappa shape index (κ2) is 7.66. The highest BCUT2D eigenvalue weighted by Crippen LogP contribution is 2.37. The van der Waals surface area contributed by atoms with E-state index in [4.69, 9.17) is 28.5 Å². The van der Waals surface area contributed by atoms with Crippen LogP contribution in [-0.2, 0) is 4.79 Å². The molecular formula is C16H11Cl2N5OS. The van der Waals surface area contributed by atoms with Crippen LogP contribution in [0.5, 0.6) is 0 Å². The van der Waals surface area contributed by atoms with E-state index < -0.39 is 5.91 Å². The molecule has 0 saturated heterocycles. The Morgan fingerprint density at radius 1 is 1.32 bits per heavy atom. The van der Waals surface area contributed by atoms with E-state index in [1.807, 2.05) is 18.2 Å². The highest BCUT2D eigenvalue weighted by Gasteiger charge is 2.20. The number of rotatable bonds is 2. The lowest BCUT2D eigenvalue weighted by atomic mass is 10.0. The molecule has 1 aromatic carbocycles. The number of fused-ring (bicyclic) bond motifs is 1. The van der Waals surface area contributed by atoms with Crippen LogP contribution in [0.3, 0.4) is 0 Å². The second-order valence-corrected chi connectivity index (χ2v) is 7.05. The monoisotopic (exact) mass is 391 g/mol. The number of aliphatic imine (C=N–C) groups is 2. The number of hydrogen-bond donors (Lipinski definition) is 2. The second-order valence-electron chi connectivity index (χ2n) is 4.98. The third kappa shape index (κ3) is 3.99. The summed E-state index contributed by atoms with van der Waals surface area (Å²) in [6.07, 6.45) is -0.246. The Kier molecular flexibility index (Phi) is 5.34. The van der Waals surface area contributed by atoms with E-state index in [9.17, 15) is 4.79 Å². The number of benzene rings is 1. The topological polar surface area (TPSA) is 89.6 Å². The molecular weight excluding hydrogens is 381 g/mol. The fourth-order valence-corrected chi connectivity index (χ4v) is 3.55. The van der Waals surface area contributed by atoms with E-state index in [-0.39, 0.29) is 13.0 Å². The molecule has 6 nitrogen and oxygen atoms in total. The maximum absolute atomic E-state index is 11.4. The number of amides is 1. The van der Waals surface area contributed by atoms with Crippen molar-refractivity contribution in [2.75, 3.05) is 6.54 Å². The summed E-state index contributed by atoms with van der Waals surface area (Å²) in [5, 5.41) is 9.76. The summed E-state index contributed by atoms with van der Waals surface area (Å²) in [5.74, 6) is -0.0118. The van der Waals surface area contributed by atoms with Gasteiger partial charge in [-0.3, -0.25) is 20.6 Å². The molecule has 0 unspecified atom stereocenters. The molecule has 25 heavy (non-hydrogen) atoms. The van der Waals surface area contributed by atoms with Crippen molar-refractivity contribution in [3.05, 3.63) is 50.8 Å². The first-order chi connectivity index (χ1) is 12.1. The number of nitriles is 1. The Hall–Kier alpha value is -2.40. The molecule has 1 aromatic heterocycles. The van der Waals surface area contributed by atoms with Crippen LogP contribution in [0.2, 0.25) is 9.36 Å². The van der Waals surface area contributed by atoms with Gasteiger partial charge in [0, 0.05) is 16.1 Å². The van der Waals surface area contributed by atoms with Gasteiger partial charge in [0.15, 0.2) is 0 Å². The summed E-state index contributed by atoms with van der Waals surface area (Å²) in [6.45, 7) is 0.215. The van der Waals surface area contributed by atoms with Crippen LogP contribution < -0.4 is 10.9 Å². The third-order valence-corrected chi connectivity index (χ3v) is 4.76. The standard InChI is InChI=1S/C16H11Cl2N5OS/c17-11-4-2-1-3-9(11)15-10-7-12(18)25-16(10)21-13(8-20-15)22-23-14(24)5-6-19/h1-4,7H,5,8H2,(H,21,22)(H,23,24). The van der Waals surface area contributed by atoms with Crippen molar-refractivity contribution >= 4 is 57.0 Å². The Morgan fingerprint density at radius 3 is 2.88 bits per heavy atom. The SMILES string of the molecule is N#CCC(=O)NNC1=Nc2sc(Cl)cc2C(c2ccccc2Cl)=NC1. The molecule has 3 rings (SSSR count). The van der Waals surface area contributed by atoms with Gasteiger partial charge in [0.05, 0.1) is 22.7 Å². The predicted octanol–water partition coefficient (Wildman–Crippen LogP) is 3.47. The zero-order valence-electron chi connectivity index (χ0n) is 12.7. The lowest BCUT2D eigenvalue weighted by Crippen LogP contribution is -2.42. The molecule has 0 atom stereocenters. The van der Waals surface area contributed by atoms with Crippen molar-refractivity contribution < 1.29 is 4.79 Å². The summed E-state index contributed by atoms with van der Waals surface area (Å²) in [6, 6.07) is 11.0. The van der Waals surface area contributed by atoms with Crippen LogP contribution >= 0.6 is 34.5 Å². The molecule has 2 aromatic rings. The molecule has 9 heteroatoms. The molecule has 1 aliphatic heterocycles. The molecule has 0 spiro atoms. The molecule has 0 aliphatic carbocycles. The fraction of sp³-hybridized carbons (Fsp3) is 0.125. The average Bonchev–Trinajstić information content (AvgIpc) is 2.86. The van der Waals surface area contributed by atoms with Gasteiger partial charge >= 0.3 is 0 Å². The number of halogens is 2. The van der Waals surface area contributed by atoms with Crippen molar-refractivity contribution in [2.45, 2.75) is 6.42 Å². The van der Waals surface area contributed by atoms with Gasteiger partial charge in [-0.15, -0.1) is 11.3 Å². The van der Waals surface area contributed by atoms with Crippen molar-refractivity contribution in [3.63, 3.8) is 0 Å². The molecule has 0 saturated carbocycles. The maximum Gasteiger partial charge on any atom is 0.252 e. The van der Waals surface area contributed by atoms with Gasteiger partial charge in [-0.05, 0) is 12.1 Å². The Bertz CT molecular complexity index is 929. The van der Waals surface area contributed by atoms with Gasteiger partial charge in [0.2, 0.25) is 0 Å². The lowest BCUT2D eigenvalue weighted by Gasteiger charge is -2.08. The number of hydrazine groups is 1. The predicted molar refractivity (Wildman–Crippen MR) is 99.9 cm³/mol. The zero-order chi connectivity index (χ0) is 17.8. The Morgan fingerprint density at radius 2 is 2.12 bits per heavy atom. The van der Waals surface area contributed by atoms with Gasteiger partial charge in [-0.1, -0.05) is 41.4 Å². The first-order valence-electron chi connectivity index (χ1n) is 7.17. The Balaban J connectivity index is 1.94. The van der Waals surface area contributed by atoms with Crippen LogP contribution in [0.4, 0.5) is 5.00 Å². The molecule has 0 fully saturated rings. The number of nitrogens with one attached hydrogen (secondary N) is 2. The summed E-state index contributed by atoms with van der Waals surface area (Å²) < 4.78 is 0.572. The van der Waals surface area contributed by atoms with Gasteiger partial charge in [0.1, 0.15) is 17.3 Å². The highest BCUT2D eigenvalue weighted by molar-refractivity contribution is 7.20. The summed E-state index contributed by atoms with van der Waals surface area (Å²) in [4.78, 5) is 20.5. The fourth-order valence-electron chi connectivity index (χ4n) is 2.21. The van der Waals surface area contributed by atoms with Gasteiger partial charge < -0.3 is 0 Å². The van der Waals surface area contributed by atoms with Crippen molar-refractivity contribution in [1.82, 2.24) is 10.9 Å². The highest BCUT2D eigenvalue weighted by atomic mass is 35.5. The molecule has 0 radical (unpaired) electrons. The van der Waals surface area contributed by atoms with Crippen LogP contribution in [0.1, 0.15) is 17.5 Å². The molecule has 1 aliphatic rings.